The van der Waals surface area contributed by atoms with Crippen LogP contribution >= 0.6 is 0 Å². The van der Waals surface area contributed by atoms with E-state index in [2.05, 4.69) is 14.7 Å². The van der Waals surface area contributed by atoms with Gasteiger partial charge in [-0.25, -0.2) is 14.8 Å². The molecule has 1 aliphatic rings. The molecule has 1 unspecified atom stereocenters. The summed E-state index contributed by atoms with van der Waals surface area (Å²) in [7, 11) is 1.35. The van der Waals surface area contributed by atoms with Crippen LogP contribution in [-0.2, 0) is 14.3 Å². The number of methoxy groups -OCH3 is 1. The van der Waals surface area contributed by atoms with Gasteiger partial charge in [0.25, 0.3) is 0 Å². The van der Waals surface area contributed by atoms with Crippen molar-refractivity contribution in [3.05, 3.63) is 18.0 Å². The van der Waals surface area contributed by atoms with Crippen LogP contribution in [-0.4, -0.2) is 48.8 Å². The zero-order valence-electron chi connectivity index (χ0n) is 9.92. The van der Waals surface area contributed by atoms with Crippen molar-refractivity contribution in [3.63, 3.8) is 0 Å². The number of nitrogens with zero attached hydrogens (tertiary/aromatic N) is 3. The monoisotopic (exact) mass is 237 g/mol. The lowest BCUT2D eigenvalue weighted by Crippen LogP contribution is -2.47. The Morgan fingerprint density at radius 1 is 1.65 bits per heavy atom. The van der Waals surface area contributed by atoms with Crippen molar-refractivity contribution in [2.24, 2.45) is 0 Å². The van der Waals surface area contributed by atoms with Crippen LogP contribution in [0.3, 0.4) is 0 Å². The van der Waals surface area contributed by atoms with E-state index >= 15 is 0 Å². The molecule has 0 spiro atoms. The van der Waals surface area contributed by atoms with E-state index in [0.29, 0.717) is 25.6 Å². The first-order chi connectivity index (χ1) is 8.20. The van der Waals surface area contributed by atoms with Crippen LogP contribution in [0.5, 0.6) is 0 Å². The third-order valence-corrected chi connectivity index (χ3v) is 2.60. The largest absolute Gasteiger partial charge is 0.467 e. The summed E-state index contributed by atoms with van der Waals surface area (Å²) in [5.41, 5.74) is 0.899. The molecular formula is C11H15N3O3. The van der Waals surface area contributed by atoms with Gasteiger partial charge < -0.3 is 14.4 Å². The number of hydrogen-bond acceptors (Lipinski definition) is 6. The van der Waals surface area contributed by atoms with Gasteiger partial charge in [-0.15, -0.1) is 0 Å². The third-order valence-electron chi connectivity index (χ3n) is 2.60. The van der Waals surface area contributed by atoms with Crippen LogP contribution < -0.4 is 4.90 Å². The Morgan fingerprint density at radius 2 is 2.47 bits per heavy atom. The van der Waals surface area contributed by atoms with Crippen LogP contribution in [0.25, 0.3) is 0 Å². The van der Waals surface area contributed by atoms with E-state index in [4.69, 9.17) is 4.74 Å². The van der Waals surface area contributed by atoms with E-state index < -0.39 is 6.10 Å². The number of anilines is 1. The van der Waals surface area contributed by atoms with E-state index in [9.17, 15) is 4.79 Å². The number of morpholine rings is 1. The second-order valence-corrected chi connectivity index (χ2v) is 3.83. The number of esters is 1. The lowest BCUT2D eigenvalue weighted by Gasteiger charge is -2.31. The Bertz CT molecular complexity index is 411. The maximum absolute atomic E-state index is 11.4. The second-order valence-electron chi connectivity index (χ2n) is 3.83. The molecule has 0 saturated carbocycles. The topological polar surface area (TPSA) is 64.5 Å². The number of carbonyl (C=O) groups is 1. The maximum Gasteiger partial charge on any atom is 0.336 e. The molecule has 1 atom stereocenters. The van der Waals surface area contributed by atoms with Crippen molar-refractivity contribution in [3.8, 4) is 0 Å². The Balaban J connectivity index is 2.09. The summed E-state index contributed by atoms with van der Waals surface area (Å²) in [6.07, 6.45) is 1.15. The van der Waals surface area contributed by atoms with E-state index in [1.54, 1.807) is 6.20 Å². The average molecular weight is 237 g/mol. The van der Waals surface area contributed by atoms with Crippen molar-refractivity contribution in [1.82, 2.24) is 9.97 Å². The summed E-state index contributed by atoms with van der Waals surface area (Å²) in [4.78, 5) is 21.8. The highest BCUT2D eigenvalue weighted by molar-refractivity contribution is 5.75. The quantitative estimate of drug-likeness (QED) is 0.683. The van der Waals surface area contributed by atoms with Gasteiger partial charge in [0.05, 0.1) is 20.3 Å². The molecular weight excluding hydrogens is 222 g/mol. The molecule has 0 aliphatic carbocycles. The minimum absolute atomic E-state index is 0.359. The molecule has 6 nitrogen and oxygen atoms in total. The van der Waals surface area contributed by atoms with Gasteiger partial charge in [0.1, 0.15) is 0 Å². The molecule has 0 radical (unpaired) electrons. The normalized spacial score (nSPS) is 20.1. The van der Waals surface area contributed by atoms with E-state index in [-0.39, 0.29) is 5.97 Å². The van der Waals surface area contributed by atoms with Crippen LogP contribution in [0.15, 0.2) is 12.3 Å². The number of hydrogen-bond donors (Lipinski definition) is 0. The average Bonchev–Trinajstić information content (AvgIpc) is 2.38. The van der Waals surface area contributed by atoms with Crippen molar-refractivity contribution in [2.75, 3.05) is 31.7 Å². The SMILES string of the molecule is COC(=O)C1CN(c2nccc(C)n2)CCO1. The fourth-order valence-corrected chi connectivity index (χ4v) is 1.69. The van der Waals surface area contributed by atoms with Crippen molar-refractivity contribution < 1.29 is 14.3 Å². The molecule has 1 aliphatic heterocycles. The summed E-state index contributed by atoms with van der Waals surface area (Å²) in [6, 6.07) is 1.84. The highest BCUT2D eigenvalue weighted by atomic mass is 16.6. The van der Waals surface area contributed by atoms with Gasteiger partial charge >= 0.3 is 5.97 Å². The third kappa shape index (κ3) is 2.71. The highest BCUT2D eigenvalue weighted by Gasteiger charge is 2.28. The Hall–Kier alpha value is -1.69. The van der Waals surface area contributed by atoms with Gasteiger partial charge in [-0.2, -0.15) is 0 Å². The number of aromatic nitrogens is 2. The van der Waals surface area contributed by atoms with E-state index in [1.165, 1.54) is 7.11 Å². The predicted molar refractivity (Wildman–Crippen MR) is 60.7 cm³/mol. The van der Waals surface area contributed by atoms with Gasteiger partial charge in [-0.05, 0) is 13.0 Å². The molecule has 0 aromatic carbocycles. The van der Waals surface area contributed by atoms with E-state index in [0.717, 1.165) is 5.69 Å². The lowest BCUT2D eigenvalue weighted by atomic mass is 10.3. The summed E-state index contributed by atoms with van der Waals surface area (Å²) in [5.74, 6) is 0.268. The van der Waals surface area contributed by atoms with Crippen molar-refractivity contribution >= 4 is 11.9 Å². The Morgan fingerprint density at radius 3 is 3.18 bits per heavy atom. The fraction of sp³-hybridized carbons (Fsp3) is 0.545. The minimum atomic E-state index is -0.558. The second kappa shape index (κ2) is 5.09. The minimum Gasteiger partial charge on any atom is -0.467 e. The summed E-state index contributed by atoms with van der Waals surface area (Å²) >= 11 is 0. The van der Waals surface area contributed by atoms with Crippen LogP contribution in [0.4, 0.5) is 5.95 Å². The lowest BCUT2D eigenvalue weighted by molar-refractivity contribution is -0.154. The van der Waals surface area contributed by atoms with Crippen molar-refractivity contribution in [1.29, 1.82) is 0 Å². The molecule has 92 valence electrons. The molecule has 2 heterocycles. The van der Waals surface area contributed by atoms with E-state index in [1.807, 2.05) is 17.9 Å². The number of rotatable bonds is 2. The van der Waals surface area contributed by atoms with Gasteiger partial charge in [0.15, 0.2) is 6.10 Å². The summed E-state index contributed by atoms with van der Waals surface area (Å²) < 4.78 is 10.0. The van der Waals surface area contributed by atoms with Crippen LogP contribution in [0.1, 0.15) is 5.69 Å². The maximum atomic E-state index is 11.4. The molecule has 1 saturated heterocycles. The molecule has 1 fully saturated rings. The zero-order valence-corrected chi connectivity index (χ0v) is 9.92. The van der Waals surface area contributed by atoms with Gasteiger partial charge in [0, 0.05) is 18.4 Å². The fourth-order valence-electron chi connectivity index (χ4n) is 1.69. The van der Waals surface area contributed by atoms with Gasteiger partial charge in [0.2, 0.25) is 5.95 Å². The molecule has 1 aromatic rings. The molecule has 1 aromatic heterocycles. The number of ether oxygens (including phenoxy) is 2. The Labute approximate surface area is 99.6 Å². The Kier molecular flexibility index (Phi) is 3.53. The molecule has 0 bridgehead atoms. The number of carbonyl (C=O) groups excluding carboxylic acids is 1. The summed E-state index contributed by atoms with van der Waals surface area (Å²) in [5, 5.41) is 0. The highest BCUT2D eigenvalue weighted by Crippen LogP contribution is 2.13. The smallest absolute Gasteiger partial charge is 0.336 e. The first-order valence-electron chi connectivity index (χ1n) is 5.44. The van der Waals surface area contributed by atoms with Crippen LogP contribution in [0, 0.1) is 6.92 Å². The van der Waals surface area contributed by atoms with Gasteiger partial charge in [-0.1, -0.05) is 0 Å². The number of aryl methyl sites for hydroxylation is 1. The summed E-state index contributed by atoms with van der Waals surface area (Å²) in [6.45, 7) is 3.48. The van der Waals surface area contributed by atoms with Crippen molar-refractivity contribution in [2.45, 2.75) is 13.0 Å². The standard InChI is InChI=1S/C11H15N3O3/c1-8-3-4-12-11(13-8)14-5-6-17-9(7-14)10(15)16-2/h3-4,9H,5-7H2,1-2H3. The zero-order chi connectivity index (χ0) is 12.3. The molecule has 6 heteroatoms. The first kappa shape index (κ1) is 11.8. The predicted octanol–water partition coefficient (Wildman–Crippen LogP) is 0.163. The first-order valence-corrected chi connectivity index (χ1v) is 5.44. The molecule has 17 heavy (non-hydrogen) atoms. The molecule has 2 rings (SSSR count). The molecule has 0 N–H and O–H groups in total. The van der Waals surface area contributed by atoms with Gasteiger partial charge in [-0.3, -0.25) is 0 Å². The van der Waals surface area contributed by atoms with Crippen LogP contribution in [0.2, 0.25) is 0 Å². The molecule has 0 amide bonds.